The van der Waals surface area contributed by atoms with Gasteiger partial charge >= 0.3 is 5.97 Å². The van der Waals surface area contributed by atoms with Gasteiger partial charge in [-0.2, -0.15) is 0 Å². The molecule has 2 aromatic carbocycles. The van der Waals surface area contributed by atoms with Gasteiger partial charge in [-0.15, -0.1) is 11.8 Å². The fourth-order valence-corrected chi connectivity index (χ4v) is 2.62. The van der Waals surface area contributed by atoms with Crippen molar-refractivity contribution in [2.24, 2.45) is 0 Å². The monoisotopic (exact) mass is 276 g/mol. The Morgan fingerprint density at radius 1 is 1.16 bits per heavy atom. The lowest BCUT2D eigenvalue weighted by atomic mass is 10.1. The second kappa shape index (κ2) is 6.38. The molecule has 0 aliphatic rings. The number of ether oxygens (including phenoxy) is 1. The number of methoxy groups -OCH3 is 1. The van der Waals surface area contributed by atoms with Gasteiger partial charge in [-0.05, 0) is 23.8 Å². The minimum absolute atomic E-state index is 0.247. The zero-order valence-electron chi connectivity index (χ0n) is 10.4. The predicted molar refractivity (Wildman–Crippen MR) is 73.7 cm³/mol. The molecule has 19 heavy (non-hydrogen) atoms. The zero-order valence-corrected chi connectivity index (χ0v) is 11.2. The van der Waals surface area contributed by atoms with Crippen molar-refractivity contribution in [1.82, 2.24) is 0 Å². The van der Waals surface area contributed by atoms with E-state index >= 15 is 0 Å². The number of carbonyl (C=O) groups is 1. The third-order valence-electron chi connectivity index (χ3n) is 2.64. The first-order valence-electron chi connectivity index (χ1n) is 5.76. The van der Waals surface area contributed by atoms with Crippen LogP contribution in [0.1, 0.15) is 15.9 Å². The van der Waals surface area contributed by atoms with Gasteiger partial charge in [0.1, 0.15) is 5.82 Å². The first-order valence-corrected chi connectivity index (χ1v) is 6.74. The fourth-order valence-electron chi connectivity index (χ4n) is 1.67. The smallest absolute Gasteiger partial charge is 0.338 e. The molecule has 0 heterocycles. The standard InChI is InChI=1S/C15H13FO2S/c1-18-15(17)12-7-3-2-6-11(12)10-19-14-9-5-4-8-13(14)16/h2-9H,10H2,1H3. The van der Waals surface area contributed by atoms with Gasteiger partial charge < -0.3 is 4.74 Å². The van der Waals surface area contributed by atoms with Crippen LogP contribution in [-0.4, -0.2) is 13.1 Å². The number of halogens is 1. The summed E-state index contributed by atoms with van der Waals surface area (Å²) in [4.78, 5) is 12.2. The van der Waals surface area contributed by atoms with E-state index in [2.05, 4.69) is 0 Å². The van der Waals surface area contributed by atoms with Crippen LogP contribution in [0.2, 0.25) is 0 Å². The van der Waals surface area contributed by atoms with Gasteiger partial charge in [0.15, 0.2) is 0 Å². The van der Waals surface area contributed by atoms with Crippen molar-refractivity contribution in [2.75, 3.05) is 7.11 Å². The quantitative estimate of drug-likeness (QED) is 0.625. The molecule has 0 saturated carbocycles. The molecule has 0 aliphatic carbocycles. The van der Waals surface area contributed by atoms with Gasteiger partial charge in [-0.3, -0.25) is 0 Å². The van der Waals surface area contributed by atoms with Crippen molar-refractivity contribution < 1.29 is 13.9 Å². The maximum Gasteiger partial charge on any atom is 0.338 e. The van der Waals surface area contributed by atoms with Crippen LogP contribution in [0.5, 0.6) is 0 Å². The summed E-state index contributed by atoms with van der Waals surface area (Å²) in [5.41, 5.74) is 1.36. The summed E-state index contributed by atoms with van der Waals surface area (Å²) in [5, 5.41) is 0. The number of hydrogen-bond donors (Lipinski definition) is 0. The molecule has 0 radical (unpaired) electrons. The van der Waals surface area contributed by atoms with Crippen LogP contribution in [0.3, 0.4) is 0 Å². The lowest BCUT2D eigenvalue weighted by Gasteiger charge is -2.07. The van der Waals surface area contributed by atoms with E-state index in [1.165, 1.54) is 24.9 Å². The molecule has 0 saturated heterocycles. The molecule has 0 spiro atoms. The molecule has 2 rings (SSSR count). The van der Waals surface area contributed by atoms with E-state index in [1.54, 1.807) is 30.3 Å². The van der Waals surface area contributed by atoms with Gasteiger partial charge in [0.2, 0.25) is 0 Å². The second-order valence-corrected chi connectivity index (χ2v) is 4.89. The number of rotatable bonds is 4. The van der Waals surface area contributed by atoms with Crippen LogP contribution in [-0.2, 0) is 10.5 Å². The van der Waals surface area contributed by atoms with Crippen molar-refractivity contribution in [2.45, 2.75) is 10.6 Å². The largest absolute Gasteiger partial charge is 0.465 e. The first-order chi connectivity index (χ1) is 9.22. The topological polar surface area (TPSA) is 26.3 Å². The van der Waals surface area contributed by atoms with Crippen LogP contribution < -0.4 is 0 Å². The van der Waals surface area contributed by atoms with Gasteiger partial charge in [-0.25, -0.2) is 9.18 Å². The molecular formula is C15H13FO2S. The Kier molecular flexibility index (Phi) is 4.58. The van der Waals surface area contributed by atoms with Crippen molar-refractivity contribution in [3.05, 3.63) is 65.5 Å². The minimum atomic E-state index is -0.371. The highest BCUT2D eigenvalue weighted by atomic mass is 32.2. The van der Waals surface area contributed by atoms with Crippen LogP contribution in [0.15, 0.2) is 53.4 Å². The van der Waals surface area contributed by atoms with E-state index in [-0.39, 0.29) is 11.8 Å². The summed E-state index contributed by atoms with van der Waals surface area (Å²) in [6.07, 6.45) is 0. The Bertz CT molecular complexity index is 584. The van der Waals surface area contributed by atoms with Gasteiger partial charge in [-0.1, -0.05) is 30.3 Å². The number of benzene rings is 2. The fraction of sp³-hybridized carbons (Fsp3) is 0.133. The van der Waals surface area contributed by atoms with Crippen molar-refractivity contribution >= 4 is 17.7 Å². The van der Waals surface area contributed by atoms with Gasteiger partial charge in [0, 0.05) is 10.6 Å². The Hall–Kier alpha value is -1.81. The Labute approximate surface area is 115 Å². The Balaban J connectivity index is 2.16. The third kappa shape index (κ3) is 3.35. The normalized spacial score (nSPS) is 10.2. The first kappa shape index (κ1) is 13.6. The minimum Gasteiger partial charge on any atom is -0.465 e. The summed E-state index contributed by atoms with van der Waals surface area (Å²) in [6.45, 7) is 0. The summed E-state index contributed by atoms with van der Waals surface area (Å²) in [7, 11) is 1.35. The van der Waals surface area contributed by atoms with Gasteiger partial charge in [0.05, 0.1) is 12.7 Å². The van der Waals surface area contributed by atoms with E-state index < -0.39 is 0 Å². The van der Waals surface area contributed by atoms with E-state index in [0.717, 1.165) is 5.56 Å². The molecule has 2 aromatic rings. The predicted octanol–water partition coefficient (Wildman–Crippen LogP) is 3.90. The Morgan fingerprint density at radius 3 is 2.58 bits per heavy atom. The molecule has 0 aliphatic heterocycles. The average Bonchev–Trinajstić information content (AvgIpc) is 2.46. The molecule has 0 fully saturated rings. The molecule has 0 amide bonds. The molecule has 0 atom stereocenters. The van der Waals surface area contributed by atoms with Crippen molar-refractivity contribution in [1.29, 1.82) is 0 Å². The second-order valence-electron chi connectivity index (χ2n) is 3.87. The van der Waals surface area contributed by atoms with Crippen molar-refractivity contribution in [3.8, 4) is 0 Å². The van der Waals surface area contributed by atoms with Gasteiger partial charge in [0.25, 0.3) is 0 Å². The van der Waals surface area contributed by atoms with Crippen LogP contribution in [0.4, 0.5) is 4.39 Å². The summed E-state index contributed by atoms with van der Waals surface area (Å²) in [5.74, 6) is -0.0977. The molecule has 0 unspecified atom stereocenters. The SMILES string of the molecule is COC(=O)c1ccccc1CSc1ccccc1F. The third-order valence-corrected chi connectivity index (χ3v) is 3.74. The molecule has 4 heteroatoms. The number of esters is 1. The molecule has 2 nitrogen and oxygen atoms in total. The maximum atomic E-state index is 13.5. The average molecular weight is 276 g/mol. The van der Waals surface area contributed by atoms with Crippen LogP contribution >= 0.6 is 11.8 Å². The van der Waals surface area contributed by atoms with E-state index in [1.807, 2.05) is 12.1 Å². The molecule has 0 N–H and O–H groups in total. The summed E-state index contributed by atoms with van der Waals surface area (Å²) in [6, 6.07) is 13.8. The molecule has 98 valence electrons. The lowest BCUT2D eigenvalue weighted by Crippen LogP contribution is -2.04. The summed E-state index contributed by atoms with van der Waals surface area (Å²) < 4.78 is 18.2. The number of hydrogen-bond acceptors (Lipinski definition) is 3. The highest BCUT2D eigenvalue weighted by Gasteiger charge is 2.11. The molecular weight excluding hydrogens is 263 g/mol. The molecule has 0 bridgehead atoms. The van der Waals surface area contributed by atoms with Crippen LogP contribution in [0.25, 0.3) is 0 Å². The zero-order chi connectivity index (χ0) is 13.7. The van der Waals surface area contributed by atoms with Crippen LogP contribution in [0, 0.1) is 5.82 Å². The van der Waals surface area contributed by atoms with E-state index in [4.69, 9.17) is 4.74 Å². The molecule has 0 aromatic heterocycles. The maximum absolute atomic E-state index is 13.5. The van der Waals surface area contributed by atoms with E-state index in [0.29, 0.717) is 16.2 Å². The number of thioether (sulfide) groups is 1. The Morgan fingerprint density at radius 2 is 1.84 bits per heavy atom. The van der Waals surface area contributed by atoms with E-state index in [9.17, 15) is 9.18 Å². The number of carbonyl (C=O) groups excluding carboxylic acids is 1. The lowest BCUT2D eigenvalue weighted by molar-refractivity contribution is 0.0600. The highest BCUT2D eigenvalue weighted by molar-refractivity contribution is 7.98. The summed E-state index contributed by atoms with van der Waals surface area (Å²) >= 11 is 1.36. The highest BCUT2D eigenvalue weighted by Crippen LogP contribution is 2.26. The van der Waals surface area contributed by atoms with Crippen molar-refractivity contribution in [3.63, 3.8) is 0 Å².